The highest BCUT2D eigenvalue weighted by atomic mass is 14.5. The number of rotatable bonds is 16. The highest BCUT2D eigenvalue weighted by Crippen LogP contribution is 2.57. The molecule has 0 aromatic heterocycles. The van der Waals surface area contributed by atoms with Gasteiger partial charge in [0.1, 0.15) is 0 Å². The number of aryl methyl sites for hydroxylation is 6. The third-order valence-electron chi connectivity index (χ3n) is 12.3. The molecular formula is C47H58. The lowest BCUT2D eigenvalue weighted by Gasteiger charge is -2.34. The molecule has 0 unspecified atom stereocenters. The van der Waals surface area contributed by atoms with Crippen molar-refractivity contribution in [2.75, 3.05) is 0 Å². The van der Waals surface area contributed by atoms with E-state index in [1.165, 1.54) is 160 Å². The fourth-order valence-corrected chi connectivity index (χ4v) is 9.22. The van der Waals surface area contributed by atoms with Gasteiger partial charge in [-0.3, -0.25) is 0 Å². The van der Waals surface area contributed by atoms with Gasteiger partial charge in [0.05, 0.1) is 0 Å². The predicted octanol–water partition coefficient (Wildman–Crippen LogP) is 13.6. The van der Waals surface area contributed by atoms with Crippen LogP contribution in [-0.4, -0.2) is 0 Å². The summed E-state index contributed by atoms with van der Waals surface area (Å²) in [5, 5.41) is 0. The van der Waals surface area contributed by atoms with Gasteiger partial charge in [0, 0.05) is 5.41 Å². The van der Waals surface area contributed by atoms with Crippen LogP contribution < -0.4 is 0 Å². The van der Waals surface area contributed by atoms with Gasteiger partial charge in [-0.15, -0.1) is 0 Å². The molecular weight excluding hydrogens is 565 g/mol. The van der Waals surface area contributed by atoms with Crippen molar-refractivity contribution < 1.29 is 0 Å². The van der Waals surface area contributed by atoms with Crippen LogP contribution in [0.4, 0.5) is 0 Å². The molecule has 7 rings (SSSR count). The predicted molar refractivity (Wildman–Crippen MR) is 204 cm³/mol. The Bertz CT molecular complexity index is 1600. The first kappa shape index (κ1) is 32.4. The Morgan fingerprint density at radius 1 is 0.426 bits per heavy atom. The molecule has 0 nitrogen and oxygen atoms in total. The Kier molecular flexibility index (Phi) is 9.77. The first-order valence-electron chi connectivity index (χ1n) is 19.6. The molecule has 0 fully saturated rings. The molecule has 3 aliphatic rings. The quantitative estimate of drug-likeness (QED) is 0.109. The van der Waals surface area contributed by atoms with Gasteiger partial charge in [-0.25, -0.2) is 0 Å². The van der Waals surface area contributed by atoms with Gasteiger partial charge >= 0.3 is 0 Å². The maximum absolute atomic E-state index is 2.65. The molecule has 4 aromatic carbocycles. The summed E-state index contributed by atoms with van der Waals surface area (Å²) in [5.74, 6) is 0. The van der Waals surface area contributed by atoms with E-state index in [0.29, 0.717) is 0 Å². The Balaban J connectivity index is 1.33. The number of hydrogen-bond acceptors (Lipinski definition) is 0. The lowest BCUT2D eigenvalue weighted by Crippen LogP contribution is -2.26. The second-order valence-corrected chi connectivity index (χ2v) is 15.5. The molecule has 0 amide bonds. The molecule has 0 saturated heterocycles. The van der Waals surface area contributed by atoms with Gasteiger partial charge in [0.25, 0.3) is 0 Å². The molecule has 0 heterocycles. The van der Waals surface area contributed by atoms with Crippen LogP contribution in [0.15, 0.2) is 60.7 Å². The maximum Gasteiger partial charge on any atom is 0.0215 e. The monoisotopic (exact) mass is 622 g/mol. The summed E-state index contributed by atoms with van der Waals surface area (Å²) in [6, 6.07) is 25.1. The summed E-state index contributed by atoms with van der Waals surface area (Å²) < 4.78 is 0. The van der Waals surface area contributed by atoms with Crippen molar-refractivity contribution in [3.63, 3.8) is 0 Å². The third kappa shape index (κ3) is 6.27. The van der Waals surface area contributed by atoms with Crippen molar-refractivity contribution in [1.29, 1.82) is 0 Å². The molecule has 4 aromatic rings. The Labute approximate surface area is 286 Å². The van der Waals surface area contributed by atoms with Crippen LogP contribution >= 0.6 is 0 Å². The Morgan fingerprint density at radius 2 is 0.830 bits per heavy atom. The molecule has 47 heavy (non-hydrogen) atoms. The van der Waals surface area contributed by atoms with E-state index >= 15 is 0 Å². The first-order chi connectivity index (χ1) is 23.0. The van der Waals surface area contributed by atoms with E-state index < -0.39 is 0 Å². The van der Waals surface area contributed by atoms with Crippen LogP contribution in [-0.2, 0) is 31.1 Å². The van der Waals surface area contributed by atoms with Crippen LogP contribution in [0.3, 0.4) is 0 Å². The van der Waals surface area contributed by atoms with Gasteiger partial charge in [-0.1, -0.05) is 139 Å². The van der Waals surface area contributed by atoms with E-state index in [1.54, 1.807) is 33.4 Å². The van der Waals surface area contributed by atoms with Crippen molar-refractivity contribution >= 4 is 0 Å². The van der Waals surface area contributed by atoms with Gasteiger partial charge in [-0.2, -0.15) is 0 Å². The van der Waals surface area contributed by atoms with Crippen LogP contribution in [0, 0.1) is 13.8 Å². The topological polar surface area (TPSA) is 0 Å². The second-order valence-electron chi connectivity index (χ2n) is 15.5. The zero-order chi connectivity index (χ0) is 32.4. The van der Waals surface area contributed by atoms with E-state index in [2.05, 4.69) is 88.4 Å². The summed E-state index contributed by atoms with van der Waals surface area (Å²) >= 11 is 0. The molecule has 0 aliphatic heterocycles. The summed E-state index contributed by atoms with van der Waals surface area (Å²) in [4.78, 5) is 0. The van der Waals surface area contributed by atoms with Crippen LogP contribution in [0.2, 0.25) is 0 Å². The SMILES string of the molecule is CCCCCCCCC1(CCCCCCCC)c2cc(C)c(-c3ccc4c(c3)CC4)cc2-c2cc(-c3ccc4c(c3)CC4)c(C)cc21. The van der Waals surface area contributed by atoms with Gasteiger partial charge in [0.2, 0.25) is 0 Å². The molecule has 0 N–H and O–H groups in total. The molecule has 0 radical (unpaired) electrons. The second kappa shape index (κ2) is 14.2. The van der Waals surface area contributed by atoms with Gasteiger partial charge in [0.15, 0.2) is 0 Å². The minimum atomic E-state index is 0.119. The van der Waals surface area contributed by atoms with Gasteiger partial charge < -0.3 is 0 Å². The third-order valence-corrected chi connectivity index (χ3v) is 12.3. The van der Waals surface area contributed by atoms with E-state index in [-0.39, 0.29) is 5.41 Å². The molecule has 0 spiro atoms. The molecule has 3 aliphatic carbocycles. The molecule has 0 atom stereocenters. The number of hydrogen-bond donors (Lipinski definition) is 0. The number of fused-ring (bicyclic) bond motifs is 5. The fraction of sp³-hybridized carbons (Fsp3) is 0.489. The Morgan fingerprint density at radius 3 is 1.21 bits per heavy atom. The molecule has 0 bridgehead atoms. The lowest BCUT2D eigenvalue weighted by molar-refractivity contribution is 0.397. The average Bonchev–Trinajstić information content (AvgIpc) is 3.28. The van der Waals surface area contributed by atoms with Crippen LogP contribution in [0.5, 0.6) is 0 Å². The van der Waals surface area contributed by atoms with Crippen LogP contribution in [0.25, 0.3) is 33.4 Å². The zero-order valence-electron chi connectivity index (χ0n) is 30.0. The Hall–Kier alpha value is -3.12. The number of benzene rings is 4. The van der Waals surface area contributed by atoms with Gasteiger partial charge in [-0.05, 0) is 142 Å². The molecule has 246 valence electrons. The summed E-state index contributed by atoms with van der Waals surface area (Å²) in [6.45, 7) is 9.43. The zero-order valence-corrected chi connectivity index (χ0v) is 30.0. The van der Waals surface area contributed by atoms with E-state index in [4.69, 9.17) is 0 Å². The lowest BCUT2D eigenvalue weighted by atomic mass is 9.69. The summed E-state index contributed by atoms with van der Waals surface area (Å²) in [5.41, 5.74) is 21.2. The highest BCUT2D eigenvalue weighted by molar-refractivity contribution is 5.89. The standard InChI is InChI=1S/C47H58/c1-5-7-9-11-13-15-25-47(26-16-14-12-10-8-6-2)45-27-33(3)41(39-23-19-35-17-21-37(35)29-39)31-43(45)44-32-42(34(4)28-46(44)47)40-24-20-36-18-22-38(36)30-40/h19-20,23-24,27-32H,5-18,21-22,25-26H2,1-4H3. The van der Waals surface area contributed by atoms with Crippen molar-refractivity contribution in [3.05, 3.63) is 105 Å². The minimum Gasteiger partial charge on any atom is -0.0654 e. The van der Waals surface area contributed by atoms with Crippen molar-refractivity contribution in [1.82, 2.24) is 0 Å². The number of unbranched alkanes of at least 4 members (excludes halogenated alkanes) is 10. The molecule has 0 saturated carbocycles. The fourth-order valence-electron chi connectivity index (χ4n) is 9.22. The maximum atomic E-state index is 2.65. The highest BCUT2D eigenvalue weighted by Gasteiger charge is 2.43. The van der Waals surface area contributed by atoms with Crippen molar-refractivity contribution in [2.24, 2.45) is 0 Å². The van der Waals surface area contributed by atoms with E-state index in [1.807, 2.05) is 0 Å². The van der Waals surface area contributed by atoms with Crippen molar-refractivity contribution in [3.8, 4) is 33.4 Å². The van der Waals surface area contributed by atoms with Crippen molar-refractivity contribution in [2.45, 2.75) is 149 Å². The smallest absolute Gasteiger partial charge is 0.0215 e. The summed E-state index contributed by atoms with van der Waals surface area (Å²) in [6.07, 6.45) is 23.8. The average molecular weight is 623 g/mol. The van der Waals surface area contributed by atoms with E-state index in [0.717, 1.165) is 0 Å². The van der Waals surface area contributed by atoms with E-state index in [9.17, 15) is 0 Å². The summed E-state index contributed by atoms with van der Waals surface area (Å²) in [7, 11) is 0. The first-order valence-corrected chi connectivity index (χ1v) is 19.6. The normalized spacial score (nSPS) is 15.0. The molecule has 0 heteroatoms. The van der Waals surface area contributed by atoms with Crippen LogP contribution in [0.1, 0.15) is 148 Å². The largest absolute Gasteiger partial charge is 0.0654 e. The minimum absolute atomic E-state index is 0.119.